The molecule has 3 rings (SSSR count). The van der Waals surface area contributed by atoms with Crippen molar-refractivity contribution in [3.63, 3.8) is 0 Å². The molecule has 1 N–H and O–H groups in total. The standard InChI is InChI=1S/C40H54N2O8S/c1-9-10-16-36(43)31-22-32(24-33(23-31)41(7)39(46)50-40(4,5)6)37(44)25-30(21-29-14-12-11-13-15-29)38(45)27-42(26-28(2)3)51(47,48)35-19-17-34(49-8)18-20-35/h11-15,17-20,22-24,28,30,38,45H,9-10,16,21,25-27H2,1-8H3/t30-,38-/m1/s1. The van der Waals surface area contributed by atoms with Crippen molar-refractivity contribution in [2.45, 2.75) is 90.2 Å². The molecule has 0 aliphatic heterocycles. The first-order valence-corrected chi connectivity index (χ1v) is 18.9. The summed E-state index contributed by atoms with van der Waals surface area (Å²) in [4.78, 5) is 41.7. The molecule has 278 valence electrons. The molecule has 0 aliphatic carbocycles. The number of Topliss-reactive ketones (excluding diaryl/α,β-unsaturated/α-hetero) is 2. The summed E-state index contributed by atoms with van der Waals surface area (Å²) in [5, 5.41) is 11.8. The molecule has 3 aromatic rings. The van der Waals surface area contributed by atoms with Crippen LogP contribution in [0.3, 0.4) is 0 Å². The van der Waals surface area contributed by atoms with E-state index in [2.05, 4.69) is 0 Å². The number of aliphatic hydroxyl groups is 1. The number of amides is 1. The zero-order valence-corrected chi connectivity index (χ0v) is 32.0. The van der Waals surface area contributed by atoms with Crippen molar-refractivity contribution < 1.29 is 37.4 Å². The van der Waals surface area contributed by atoms with Gasteiger partial charge in [-0.05, 0) is 93.5 Å². The van der Waals surface area contributed by atoms with Gasteiger partial charge in [-0.1, -0.05) is 57.5 Å². The van der Waals surface area contributed by atoms with Gasteiger partial charge in [0.15, 0.2) is 11.6 Å². The number of ketones is 2. The molecule has 0 unspecified atom stereocenters. The summed E-state index contributed by atoms with van der Waals surface area (Å²) in [5.41, 5.74) is 0.941. The molecule has 0 radical (unpaired) electrons. The molecule has 10 nitrogen and oxygen atoms in total. The number of unbranched alkanes of at least 4 members (excludes halogenated alkanes) is 1. The molecular weight excluding hydrogens is 669 g/mol. The Balaban J connectivity index is 2.01. The van der Waals surface area contributed by atoms with Gasteiger partial charge in [0.2, 0.25) is 10.0 Å². The number of hydrogen-bond donors (Lipinski definition) is 1. The average molecular weight is 723 g/mol. The van der Waals surface area contributed by atoms with Gasteiger partial charge in [0, 0.05) is 49.8 Å². The molecule has 2 atom stereocenters. The number of carbonyl (C=O) groups excluding carboxylic acids is 3. The van der Waals surface area contributed by atoms with Gasteiger partial charge < -0.3 is 14.6 Å². The Kier molecular flexibility index (Phi) is 15.0. The van der Waals surface area contributed by atoms with E-state index in [0.29, 0.717) is 29.8 Å². The monoisotopic (exact) mass is 722 g/mol. The number of nitrogens with zero attached hydrogens (tertiary/aromatic N) is 2. The molecule has 11 heteroatoms. The van der Waals surface area contributed by atoms with Crippen LogP contribution in [0.4, 0.5) is 10.5 Å². The van der Waals surface area contributed by atoms with Crippen molar-refractivity contribution in [2.75, 3.05) is 32.1 Å². The van der Waals surface area contributed by atoms with Crippen LogP contribution in [0.15, 0.2) is 77.7 Å². The van der Waals surface area contributed by atoms with Crippen LogP contribution in [0.1, 0.15) is 93.5 Å². The van der Waals surface area contributed by atoms with Crippen molar-refractivity contribution in [3.05, 3.63) is 89.5 Å². The predicted octanol–water partition coefficient (Wildman–Crippen LogP) is 7.58. The smallest absolute Gasteiger partial charge is 0.414 e. The van der Waals surface area contributed by atoms with Gasteiger partial charge >= 0.3 is 6.09 Å². The van der Waals surface area contributed by atoms with Crippen molar-refractivity contribution in [1.82, 2.24) is 4.31 Å². The number of sulfonamides is 1. The summed E-state index contributed by atoms with van der Waals surface area (Å²) in [5.74, 6) is -0.728. The molecule has 0 aliphatic rings. The predicted molar refractivity (Wildman–Crippen MR) is 200 cm³/mol. The summed E-state index contributed by atoms with van der Waals surface area (Å²) >= 11 is 0. The molecule has 0 spiro atoms. The van der Waals surface area contributed by atoms with E-state index in [1.807, 2.05) is 51.1 Å². The van der Waals surface area contributed by atoms with E-state index in [9.17, 15) is 27.9 Å². The lowest BCUT2D eigenvalue weighted by molar-refractivity contribution is 0.0588. The minimum absolute atomic E-state index is 0.0483. The van der Waals surface area contributed by atoms with Gasteiger partial charge in [0.25, 0.3) is 0 Å². The van der Waals surface area contributed by atoms with Gasteiger partial charge in [-0.15, -0.1) is 0 Å². The molecular formula is C40H54N2O8S. The van der Waals surface area contributed by atoms with Crippen LogP contribution in [0.5, 0.6) is 5.75 Å². The minimum Gasteiger partial charge on any atom is -0.497 e. The number of hydrogen-bond acceptors (Lipinski definition) is 8. The third kappa shape index (κ3) is 12.3. The summed E-state index contributed by atoms with van der Waals surface area (Å²) in [6.07, 6.45) is 0.0659. The minimum atomic E-state index is -4.02. The Hall–Kier alpha value is -4.06. The molecule has 0 saturated heterocycles. The first-order chi connectivity index (χ1) is 23.9. The number of aliphatic hydroxyl groups excluding tert-OH is 1. The first kappa shape index (κ1) is 41.4. The molecule has 1 amide bonds. The lowest BCUT2D eigenvalue weighted by atomic mass is 9.87. The summed E-state index contributed by atoms with van der Waals surface area (Å²) < 4.78 is 39.8. The lowest BCUT2D eigenvalue weighted by Crippen LogP contribution is -2.43. The van der Waals surface area contributed by atoms with E-state index in [1.165, 1.54) is 41.6 Å². The SMILES string of the molecule is CCCCC(=O)c1cc(C(=O)C[C@@H](Cc2ccccc2)[C@H](O)CN(CC(C)C)S(=O)(=O)c2ccc(OC)cc2)cc(N(C)C(=O)OC(C)(C)C)c1. The highest BCUT2D eigenvalue weighted by molar-refractivity contribution is 7.89. The third-order valence-corrected chi connectivity index (χ3v) is 10.2. The molecule has 0 fully saturated rings. The van der Waals surface area contributed by atoms with E-state index >= 15 is 0 Å². The number of anilines is 1. The molecule has 0 heterocycles. The van der Waals surface area contributed by atoms with Crippen molar-refractivity contribution in [1.29, 1.82) is 0 Å². The van der Waals surface area contributed by atoms with Gasteiger partial charge in [-0.2, -0.15) is 4.31 Å². The van der Waals surface area contributed by atoms with Gasteiger partial charge in [0.05, 0.1) is 18.1 Å². The van der Waals surface area contributed by atoms with E-state index in [1.54, 1.807) is 45.0 Å². The summed E-state index contributed by atoms with van der Waals surface area (Å²) in [7, 11) is -0.996. The first-order valence-electron chi connectivity index (χ1n) is 17.5. The Morgan fingerprint density at radius 2 is 1.49 bits per heavy atom. The average Bonchev–Trinajstić information content (AvgIpc) is 3.08. The van der Waals surface area contributed by atoms with Crippen molar-refractivity contribution >= 4 is 33.4 Å². The Morgan fingerprint density at radius 1 is 0.882 bits per heavy atom. The Labute approximate surface area is 303 Å². The highest BCUT2D eigenvalue weighted by Crippen LogP contribution is 2.28. The van der Waals surface area contributed by atoms with Crippen LogP contribution in [-0.4, -0.2) is 74.4 Å². The van der Waals surface area contributed by atoms with Gasteiger partial charge in [0.1, 0.15) is 11.4 Å². The maximum atomic E-state index is 14.2. The number of methoxy groups -OCH3 is 1. The third-order valence-electron chi connectivity index (χ3n) is 8.36. The second-order valence-corrected chi connectivity index (χ2v) is 16.3. The molecule has 0 saturated carbocycles. The fraction of sp³-hybridized carbons (Fsp3) is 0.475. The van der Waals surface area contributed by atoms with Crippen LogP contribution in [0.2, 0.25) is 0 Å². The lowest BCUT2D eigenvalue weighted by Gasteiger charge is -2.30. The van der Waals surface area contributed by atoms with Crippen molar-refractivity contribution in [2.24, 2.45) is 11.8 Å². The molecule has 51 heavy (non-hydrogen) atoms. The number of rotatable bonds is 18. The largest absolute Gasteiger partial charge is 0.497 e. The van der Waals surface area contributed by atoms with Crippen LogP contribution in [-0.2, 0) is 21.2 Å². The molecule has 0 aromatic heterocycles. The second-order valence-electron chi connectivity index (χ2n) is 14.4. The number of benzene rings is 3. The Morgan fingerprint density at radius 3 is 2.04 bits per heavy atom. The van der Waals surface area contributed by atoms with Gasteiger partial charge in [-0.25, -0.2) is 13.2 Å². The highest BCUT2D eigenvalue weighted by Gasteiger charge is 2.32. The van der Waals surface area contributed by atoms with Crippen LogP contribution < -0.4 is 9.64 Å². The van der Waals surface area contributed by atoms with Crippen LogP contribution in [0, 0.1) is 11.8 Å². The van der Waals surface area contributed by atoms with Crippen LogP contribution >= 0.6 is 0 Å². The maximum absolute atomic E-state index is 14.2. The normalized spacial score (nSPS) is 13.2. The zero-order valence-electron chi connectivity index (χ0n) is 31.2. The summed E-state index contributed by atoms with van der Waals surface area (Å²) in [6, 6.07) is 20.2. The fourth-order valence-electron chi connectivity index (χ4n) is 5.59. The Bertz CT molecular complexity index is 1720. The zero-order chi connectivity index (χ0) is 37.9. The number of carbonyl (C=O) groups is 3. The van der Waals surface area contributed by atoms with Gasteiger partial charge in [-0.3, -0.25) is 14.5 Å². The van der Waals surface area contributed by atoms with E-state index < -0.39 is 33.7 Å². The maximum Gasteiger partial charge on any atom is 0.414 e. The van der Waals surface area contributed by atoms with Crippen molar-refractivity contribution in [3.8, 4) is 5.75 Å². The summed E-state index contributed by atoms with van der Waals surface area (Å²) in [6.45, 7) is 10.9. The number of ether oxygens (including phenoxy) is 2. The van der Waals surface area contributed by atoms with Crippen LogP contribution in [0.25, 0.3) is 0 Å². The van der Waals surface area contributed by atoms with E-state index in [0.717, 1.165) is 12.0 Å². The second kappa shape index (κ2) is 18.4. The highest BCUT2D eigenvalue weighted by atomic mass is 32.2. The van der Waals surface area contributed by atoms with E-state index in [4.69, 9.17) is 9.47 Å². The topological polar surface area (TPSA) is 131 Å². The van der Waals surface area contributed by atoms with E-state index in [-0.39, 0.29) is 53.9 Å². The molecule has 0 bridgehead atoms. The fourth-order valence-corrected chi connectivity index (χ4v) is 7.22. The quantitative estimate of drug-likeness (QED) is 0.133. The molecule has 3 aromatic carbocycles.